The van der Waals surface area contributed by atoms with Gasteiger partial charge in [-0.3, -0.25) is 4.79 Å². The van der Waals surface area contributed by atoms with Gasteiger partial charge in [-0.15, -0.1) is 36.6 Å². The highest BCUT2D eigenvalue weighted by molar-refractivity contribution is 7.99. The number of likely N-dealkylation sites (tertiary alicyclic amines) is 1. The third-order valence-corrected chi connectivity index (χ3v) is 5.39. The van der Waals surface area contributed by atoms with Crippen molar-refractivity contribution in [3.8, 4) is 0 Å². The fourth-order valence-corrected chi connectivity index (χ4v) is 4.00. The lowest BCUT2D eigenvalue weighted by Gasteiger charge is -2.21. The fraction of sp³-hybridized carbons (Fsp3) is 0.529. The zero-order chi connectivity index (χ0) is 16.4. The minimum atomic E-state index is 0. The molecule has 0 radical (unpaired) electrons. The Kier molecular flexibility index (Phi) is 8.54. The molecule has 1 fully saturated rings. The highest BCUT2D eigenvalue weighted by Crippen LogP contribution is 2.23. The molecular weight excluding hydrogens is 379 g/mol. The van der Waals surface area contributed by atoms with Crippen LogP contribution < -0.4 is 5.73 Å². The van der Waals surface area contributed by atoms with Crippen molar-refractivity contribution in [1.29, 1.82) is 0 Å². The molecule has 3 heterocycles. The van der Waals surface area contributed by atoms with Gasteiger partial charge in [-0.1, -0.05) is 6.07 Å². The van der Waals surface area contributed by atoms with Crippen molar-refractivity contribution in [2.45, 2.75) is 32.1 Å². The lowest BCUT2D eigenvalue weighted by Crippen LogP contribution is -2.35. The van der Waals surface area contributed by atoms with Crippen LogP contribution in [0, 0.1) is 12.8 Å². The van der Waals surface area contributed by atoms with Gasteiger partial charge in [0.2, 0.25) is 5.91 Å². The monoisotopic (exact) mass is 404 g/mol. The van der Waals surface area contributed by atoms with Crippen LogP contribution in [-0.2, 0) is 10.5 Å². The lowest BCUT2D eigenvalue weighted by molar-refractivity contribution is -0.128. The first-order chi connectivity index (χ1) is 11.1. The Labute approximate surface area is 165 Å². The highest BCUT2D eigenvalue weighted by atomic mass is 35.5. The maximum absolute atomic E-state index is 12.4. The molecule has 2 N–H and O–H groups in total. The van der Waals surface area contributed by atoms with Crippen molar-refractivity contribution in [2.75, 3.05) is 18.8 Å². The van der Waals surface area contributed by atoms with Crippen molar-refractivity contribution in [3.05, 3.63) is 35.8 Å². The Morgan fingerprint density at radius 3 is 2.80 bits per heavy atom. The van der Waals surface area contributed by atoms with Gasteiger partial charge in [0.05, 0.1) is 11.4 Å². The van der Waals surface area contributed by atoms with Crippen LogP contribution in [0.4, 0.5) is 0 Å². The molecule has 1 saturated heterocycles. The predicted molar refractivity (Wildman–Crippen MR) is 109 cm³/mol. The number of nitrogens with zero attached hydrogens (tertiary/aromatic N) is 3. The number of carbonyl (C=O) groups is 1. The molecule has 0 aromatic carbocycles. The zero-order valence-corrected chi connectivity index (χ0v) is 17.0. The van der Waals surface area contributed by atoms with E-state index < -0.39 is 0 Å². The molecule has 2 unspecified atom stereocenters. The normalized spacial score (nSPS) is 19.6. The Bertz CT molecular complexity index is 709. The number of thioether (sulfide) groups is 1. The second-order valence-electron chi connectivity index (χ2n) is 6.43. The molecule has 1 aliphatic heterocycles. The van der Waals surface area contributed by atoms with E-state index >= 15 is 0 Å². The van der Waals surface area contributed by atoms with Crippen LogP contribution >= 0.6 is 36.6 Å². The number of carbonyl (C=O) groups excluding carboxylic acids is 1. The average molecular weight is 405 g/mol. The summed E-state index contributed by atoms with van der Waals surface area (Å²) in [6.45, 7) is 5.66. The molecule has 2 aromatic heterocycles. The Hall–Kier alpha value is -0.950. The summed E-state index contributed by atoms with van der Waals surface area (Å²) in [5, 5.41) is 0. The van der Waals surface area contributed by atoms with E-state index in [1.165, 1.54) is 5.56 Å². The molecule has 3 rings (SSSR count). The predicted octanol–water partition coefficient (Wildman–Crippen LogP) is 2.92. The Balaban J connectivity index is 0.00000156. The number of aryl methyl sites for hydroxylation is 1. The number of imidazole rings is 1. The van der Waals surface area contributed by atoms with Gasteiger partial charge in [0, 0.05) is 30.7 Å². The van der Waals surface area contributed by atoms with Crippen LogP contribution in [-0.4, -0.2) is 45.1 Å². The number of hydrogen-bond acceptors (Lipinski definition) is 4. The van der Waals surface area contributed by atoms with Crippen LogP contribution in [0.15, 0.2) is 24.5 Å². The van der Waals surface area contributed by atoms with Crippen LogP contribution in [0.5, 0.6) is 0 Å². The number of fused-ring (bicyclic) bond motifs is 1. The van der Waals surface area contributed by atoms with Gasteiger partial charge in [-0.05, 0) is 44.4 Å². The zero-order valence-electron chi connectivity index (χ0n) is 14.6. The van der Waals surface area contributed by atoms with E-state index in [0.717, 1.165) is 30.1 Å². The molecule has 1 aliphatic rings. The van der Waals surface area contributed by atoms with Crippen molar-refractivity contribution in [3.63, 3.8) is 0 Å². The molecular formula is C17H26Cl2N4OS. The van der Waals surface area contributed by atoms with Gasteiger partial charge < -0.3 is 15.0 Å². The van der Waals surface area contributed by atoms with Gasteiger partial charge in [0.1, 0.15) is 5.65 Å². The highest BCUT2D eigenvalue weighted by Gasteiger charge is 2.31. The first-order valence-electron chi connectivity index (χ1n) is 8.08. The summed E-state index contributed by atoms with van der Waals surface area (Å²) in [5.41, 5.74) is 8.91. The smallest absolute Gasteiger partial charge is 0.232 e. The average Bonchev–Trinajstić information content (AvgIpc) is 3.09. The van der Waals surface area contributed by atoms with Crippen molar-refractivity contribution in [2.24, 2.45) is 11.7 Å². The number of rotatable bonds is 5. The van der Waals surface area contributed by atoms with E-state index in [9.17, 15) is 4.79 Å². The fourth-order valence-electron chi connectivity index (χ4n) is 3.21. The van der Waals surface area contributed by atoms with Crippen LogP contribution in [0.1, 0.15) is 24.6 Å². The number of hydrogen-bond donors (Lipinski definition) is 1. The van der Waals surface area contributed by atoms with Crippen molar-refractivity contribution in [1.82, 2.24) is 14.3 Å². The molecule has 2 atom stereocenters. The van der Waals surface area contributed by atoms with Crippen LogP contribution in [0.3, 0.4) is 0 Å². The summed E-state index contributed by atoms with van der Waals surface area (Å²) in [6.07, 6.45) is 5.14. The van der Waals surface area contributed by atoms with E-state index in [-0.39, 0.29) is 30.7 Å². The van der Waals surface area contributed by atoms with E-state index in [1.807, 2.05) is 21.6 Å². The SMILES string of the molecule is Cc1ccc2nc(CSCC(=O)N3CC(CN)CC3C)cn2c1.Cl.Cl. The van der Waals surface area contributed by atoms with Crippen LogP contribution in [0.2, 0.25) is 0 Å². The van der Waals surface area contributed by atoms with E-state index in [4.69, 9.17) is 5.73 Å². The third-order valence-electron chi connectivity index (χ3n) is 4.44. The molecule has 1 amide bonds. The molecule has 8 heteroatoms. The maximum Gasteiger partial charge on any atom is 0.232 e. The van der Waals surface area contributed by atoms with Crippen LogP contribution in [0.25, 0.3) is 5.65 Å². The number of amides is 1. The maximum atomic E-state index is 12.4. The van der Waals surface area contributed by atoms with Gasteiger partial charge in [0.25, 0.3) is 0 Å². The number of halogens is 2. The Morgan fingerprint density at radius 2 is 2.12 bits per heavy atom. The van der Waals surface area contributed by atoms with Gasteiger partial charge in [-0.25, -0.2) is 4.98 Å². The molecule has 0 spiro atoms. The second-order valence-corrected chi connectivity index (χ2v) is 7.42. The second kappa shape index (κ2) is 9.67. The minimum absolute atomic E-state index is 0. The summed E-state index contributed by atoms with van der Waals surface area (Å²) in [6, 6.07) is 4.40. The molecule has 140 valence electrons. The third kappa shape index (κ3) is 5.26. The molecule has 25 heavy (non-hydrogen) atoms. The Morgan fingerprint density at radius 1 is 1.36 bits per heavy atom. The van der Waals surface area contributed by atoms with Gasteiger partial charge in [-0.2, -0.15) is 0 Å². The number of aromatic nitrogens is 2. The quantitative estimate of drug-likeness (QED) is 0.831. The van der Waals surface area contributed by atoms with E-state index in [0.29, 0.717) is 24.3 Å². The molecule has 2 aromatic rings. The lowest BCUT2D eigenvalue weighted by atomic mass is 10.1. The first kappa shape index (κ1) is 22.1. The van der Waals surface area contributed by atoms with E-state index in [2.05, 4.69) is 31.1 Å². The number of nitrogens with two attached hydrogens (primary N) is 1. The summed E-state index contributed by atoms with van der Waals surface area (Å²) < 4.78 is 2.04. The largest absolute Gasteiger partial charge is 0.339 e. The summed E-state index contributed by atoms with van der Waals surface area (Å²) >= 11 is 1.63. The number of pyridine rings is 1. The topological polar surface area (TPSA) is 63.6 Å². The summed E-state index contributed by atoms with van der Waals surface area (Å²) in [7, 11) is 0. The minimum Gasteiger partial charge on any atom is -0.339 e. The molecule has 0 bridgehead atoms. The molecule has 0 saturated carbocycles. The summed E-state index contributed by atoms with van der Waals surface area (Å²) in [4.78, 5) is 18.9. The van der Waals surface area contributed by atoms with Crippen molar-refractivity contribution < 1.29 is 4.79 Å². The van der Waals surface area contributed by atoms with Gasteiger partial charge in [0.15, 0.2) is 0 Å². The van der Waals surface area contributed by atoms with Gasteiger partial charge >= 0.3 is 0 Å². The van der Waals surface area contributed by atoms with Crippen molar-refractivity contribution >= 4 is 48.1 Å². The molecule has 5 nitrogen and oxygen atoms in total. The first-order valence-corrected chi connectivity index (χ1v) is 9.24. The summed E-state index contributed by atoms with van der Waals surface area (Å²) in [5.74, 6) is 1.95. The molecule has 0 aliphatic carbocycles. The van der Waals surface area contributed by atoms with E-state index in [1.54, 1.807) is 11.8 Å². The standard InChI is InChI=1S/C17H24N4OS.2ClH/c1-12-3-4-16-19-15(9-20(16)7-12)10-23-11-17(22)21-8-14(6-18)5-13(21)2;;/h3-4,7,9,13-14H,5-6,8,10-11,18H2,1-2H3;2*1H.